The van der Waals surface area contributed by atoms with Crippen LogP contribution in [0.3, 0.4) is 0 Å². The van der Waals surface area contributed by atoms with E-state index < -0.39 is 34.6 Å². The minimum Gasteiger partial charge on any atom is -0.420 e. The van der Waals surface area contributed by atoms with Gasteiger partial charge in [0.1, 0.15) is 0 Å². The van der Waals surface area contributed by atoms with Crippen molar-refractivity contribution in [2.75, 3.05) is 0 Å². The molecule has 0 aliphatic heterocycles. The fourth-order valence-electron chi connectivity index (χ4n) is 2.41. The number of unbranched alkanes of at least 4 members (excludes halogenated alkanes) is 4. The van der Waals surface area contributed by atoms with Gasteiger partial charge in [-0.3, -0.25) is 4.79 Å². The van der Waals surface area contributed by atoms with Gasteiger partial charge in [-0.05, 0) is 25.5 Å². The monoisotopic (exact) mass is 338 g/mol. The number of aryl methyl sites for hydroxylation is 1. The summed E-state index contributed by atoms with van der Waals surface area (Å²) in [5, 5.41) is 0.0986. The summed E-state index contributed by atoms with van der Waals surface area (Å²) in [7, 11) is 0. The second kappa shape index (κ2) is 8.04. The van der Waals surface area contributed by atoms with Crippen LogP contribution in [0, 0.1) is 18.6 Å². The van der Waals surface area contributed by atoms with E-state index in [2.05, 4.69) is 6.92 Å². The molecule has 6 heteroatoms. The number of esters is 1. The van der Waals surface area contributed by atoms with E-state index in [1.165, 1.54) is 13.0 Å². The van der Waals surface area contributed by atoms with Crippen LogP contribution in [-0.2, 0) is 4.79 Å². The topological polar surface area (TPSA) is 56.5 Å². The highest BCUT2D eigenvalue weighted by Gasteiger charge is 2.20. The Kier molecular flexibility index (Phi) is 6.06. The van der Waals surface area contributed by atoms with Gasteiger partial charge in [-0.15, -0.1) is 0 Å². The maximum Gasteiger partial charge on any atom is 0.339 e. The highest BCUT2D eigenvalue weighted by atomic mass is 19.1. The number of halogens is 2. The van der Waals surface area contributed by atoms with Crippen molar-refractivity contribution in [1.82, 2.24) is 0 Å². The number of hydrogen-bond acceptors (Lipinski definition) is 4. The molecule has 24 heavy (non-hydrogen) atoms. The number of ether oxygens (including phenoxy) is 1. The Hall–Kier alpha value is -2.24. The van der Waals surface area contributed by atoms with Crippen LogP contribution in [0.25, 0.3) is 11.0 Å². The van der Waals surface area contributed by atoms with E-state index in [4.69, 9.17) is 9.15 Å². The summed E-state index contributed by atoms with van der Waals surface area (Å²) < 4.78 is 38.0. The summed E-state index contributed by atoms with van der Waals surface area (Å²) in [4.78, 5) is 23.3. The third kappa shape index (κ3) is 4.19. The predicted octanol–water partition coefficient (Wildman–Crippen LogP) is 4.65. The zero-order chi connectivity index (χ0) is 17.7. The summed E-state index contributed by atoms with van der Waals surface area (Å²) in [5.74, 6) is -3.72. The quantitative estimate of drug-likeness (QED) is 0.319. The lowest BCUT2D eigenvalue weighted by Gasteiger charge is -2.08. The smallest absolute Gasteiger partial charge is 0.339 e. The molecule has 0 spiro atoms. The van der Waals surface area contributed by atoms with Crippen molar-refractivity contribution >= 4 is 16.9 Å². The number of rotatable bonds is 7. The van der Waals surface area contributed by atoms with Crippen LogP contribution in [0.5, 0.6) is 5.75 Å². The Labute approximate surface area is 138 Å². The van der Waals surface area contributed by atoms with Gasteiger partial charge in [-0.25, -0.2) is 9.18 Å². The molecule has 0 saturated carbocycles. The Morgan fingerprint density at radius 2 is 1.88 bits per heavy atom. The van der Waals surface area contributed by atoms with Gasteiger partial charge >= 0.3 is 11.6 Å². The largest absolute Gasteiger partial charge is 0.420 e. The first-order valence-corrected chi connectivity index (χ1v) is 8.07. The average molecular weight is 338 g/mol. The summed E-state index contributed by atoms with van der Waals surface area (Å²) in [6.45, 7) is 3.56. The summed E-state index contributed by atoms with van der Waals surface area (Å²) in [6.07, 6.45) is 4.72. The van der Waals surface area contributed by atoms with Crippen molar-refractivity contribution < 1.29 is 22.7 Å². The third-order valence-corrected chi connectivity index (χ3v) is 3.75. The van der Waals surface area contributed by atoms with Crippen LogP contribution >= 0.6 is 0 Å². The molecule has 0 radical (unpaired) electrons. The predicted molar refractivity (Wildman–Crippen MR) is 86.1 cm³/mol. The maximum absolute atomic E-state index is 14.3. The van der Waals surface area contributed by atoms with Gasteiger partial charge in [-0.1, -0.05) is 32.6 Å². The van der Waals surface area contributed by atoms with E-state index in [0.29, 0.717) is 6.42 Å². The normalized spacial score (nSPS) is 11.0. The lowest BCUT2D eigenvalue weighted by atomic mass is 10.1. The van der Waals surface area contributed by atoms with Crippen LogP contribution < -0.4 is 10.4 Å². The Morgan fingerprint density at radius 3 is 2.58 bits per heavy atom. The molecule has 130 valence electrons. The maximum atomic E-state index is 14.3. The molecular formula is C18H20F2O4. The number of benzene rings is 1. The third-order valence-electron chi connectivity index (χ3n) is 3.75. The molecule has 0 bridgehead atoms. The molecule has 1 aromatic heterocycles. The van der Waals surface area contributed by atoms with Gasteiger partial charge in [0.05, 0.1) is 0 Å². The molecule has 1 heterocycles. The van der Waals surface area contributed by atoms with Crippen molar-refractivity contribution in [3.05, 3.63) is 39.8 Å². The van der Waals surface area contributed by atoms with Gasteiger partial charge in [0.15, 0.2) is 11.4 Å². The van der Waals surface area contributed by atoms with Crippen molar-refractivity contribution in [1.29, 1.82) is 0 Å². The van der Waals surface area contributed by atoms with Crippen LogP contribution in [0.2, 0.25) is 0 Å². The highest BCUT2D eigenvalue weighted by Crippen LogP contribution is 2.30. The number of hydrogen-bond donors (Lipinski definition) is 0. The van der Waals surface area contributed by atoms with Crippen molar-refractivity contribution in [2.24, 2.45) is 0 Å². The van der Waals surface area contributed by atoms with E-state index >= 15 is 0 Å². The SMILES string of the molecule is CCCCCCCC(=O)Oc1c(F)cc2cc(C)c(=O)oc2c1F. The van der Waals surface area contributed by atoms with E-state index in [9.17, 15) is 18.4 Å². The molecule has 0 aliphatic carbocycles. The standard InChI is InChI=1S/C18H20F2O4/c1-3-4-5-6-7-8-14(21)23-17-13(19)10-12-9-11(2)18(22)24-16(12)15(17)20/h9-10H,3-8H2,1-2H3. The van der Waals surface area contributed by atoms with Crippen LogP contribution in [0.1, 0.15) is 51.0 Å². The molecular weight excluding hydrogens is 318 g/mol. The van der Waals surface area contributed by atoms with Gasteiger partial charge in [0, 0.05) is 17.4 Å². The summed E-state index contributed by atoms with van der Waals surface area (Å²) >= 11 is 0. The van der Waals surface area contributed by atoms with Crippen LogP contribution in [0.15, 0.2) is 21.3 Å². The molecule has 0 fully saturated rings. The van der Waals surface area contributed by atoms with E-state index in [1.54, 1.807) is 0 Å². The zero-order valence-electron chi connectivity index (χ0n) is 13.8. The lowest BCUT2D eigenvalue weighted by Crippen LogP contribution is -2.11. The minimum absolute atomic E-state index is 0.0818. The van der Waals surface area contributed by atoms with Gasteiger partial charge in [-0.2, -0.15) is 4.39 Å². The second-order valence-electron chi connectivity index (χ2n) is 5.78. The Bertz CT molecular complexity index is 796. The number of carbonyl (C=O) groups excluding carboxylic acids is 1. The van der Waals surface area contributed by atoms with E-state index in [1.807, 2.05) is 0 Å². The average Bonchev–Trinajstić information content (AvgIpc) is 2.53. The molecule has 0 N–H and O–H groups in total. The first-order chi connectivity index (χ1) is 11.4. The minimum atomic E-state index is -1.18. The Balaban J connectivity index is 2.15. The van der Waals surface area contributed by atoms with Crippen molar-refractivity contribution in [3.8, 4) is 5.75 Å². The van der Waals surface area contributed by atoms with Gasteiger partial charge < -0.3 is 9.15 Å². The molecule has 0 aliphatic rings. The first-order valence-electron chi connectivity index (χ1n) is 8.07. The molecule has 0 unspecified atom stereocenters. The fraction of sp³-hybridized carbons (Fsp3) is 0.444. The lowest BCUT2D eigenvalue weighted by molar-refractivity contribution is -0.134. The van der Waals surface area contributed by atoms with Crippen LogP contribution in [0.4, 0.5) is 8.78 Å². The molecule has 0 amide bonds. The highest BCUT2D eigenvalue weighted by molar-refractivity contribution is 5.81. The molecule has 0 saturated heterocycles. The van der Waals surface area contributed by atoms with E-state index in [-0.39, 0.29) is 17.4 Å². The van der Waals surface area contributed by atoms with Gasteiger partial charge in [0.25, 0.3) is 0 Å². The molecule has 2 aromatic rings. The number of carbonyl (C=O) groups is 1. The first kappa shape index (κ1) is 18.1. The zero-order valence-corrected chi connectivity index (χ0v) is 13.8. The molecule has 0 atom stereocenters. The van der Waals surface area contributed by atoms with E-state index in [0.717, 1.165) is 31.7 Å². The number of fused-ring (bicyclic) bond motifs is 1. The summed E-state index contributed by atoms with van der Waals surface area (Å²) in [6, 6.07) is 2.31. The molecule has 2 rings (SSSR count). The summed E-state index contributed by atoms with van der Waals surface area (Å²) in [5.41, 5.74) is -0.905. The molecule has 4 nitrogen and oxygen atoms in total. The van der Waals surface area contributed by atoms with Crippen molar-refractivity contribution in [3.63, 3.8) is 0 Å². The van der Waals surface area contributed by atoms with Crippen molar-refractivity contribution in [2.45, 2.75) is 52.4 Å². The molecule has 1 aromatic carbocycles. The Morgan fingerprint density at radius 1 is 1.17 bits per heavy atom. The fourth-order valence-corrected chi connectivity index (χ4v) is 2.41. The van der Waals surface area contributed by atoms with Gasteiger partial charge in [0.2, 0.25) is 11.6 Å². The van der Waals surface area contributed by atoms with Crippen LogP contribution in [-0.4, -0.2) is 5.97 Å². The second-order valence-corrected chi connectivity index (χ2v) is 5.78.